The molecule has 5 rings (SSSR count). The normalized spacial score (nSPS) is 18.6. The molecule has 2 aliphatic rings. The minimum atomic E-state index is -0.0970. The Labute approximate surface area is 254 Å². The number of nitrogens with two attached hydrogens (primary N) is 1. The van der Waals surface area contributed by atoms with Crippen LogP contribution in [0.25, 0.3) is 11.1 Å². The van der Waals surface area contributed by atoms with Crippen LogP contribution < -0.4 is 16.0 Å². The number of hydrogen-bond donors (Lipinski definition) is 2. The minimum Gasteiger partial charge on any atom is -0.373 e. The predicted molar refractivity (Wildman–Crippen MR) is 174 cm³/mol. The first kappa shape index (κ1) is 30.3. The van der Waals surface area contributed by atoms with E-state index in [0.29, 0.717) is 17.3 Å². The molecule has 0 bridgehead atoms. The van der Waals surface area contributed by atoms with Gasteiger partial charge in [0.15, 0.2) is 0 Å². The Morgan fingerprint density at radius 1 is 0.905 bits per heavy atom. The van der Waals surface area contributed by atoms with Crippen LogP contribution >= 0.6 is 11.3 Å². The van der Waals surface area contributed by atoms with Crippen molar-refractivity contribution < 1.29 is 9.59 Å². The van der Waals surface area contributed by atoms with Crippen molar-refractivity contribution in [2.24, 2.45) is 11.7 Å². The van der Waals surface area contributed by atoms with E-state index in [2.05, 4.69) is 83.6 Å². The molecule has 7 nitrogen and oxygen atoms in total. The summed E-state index contributed by atoms with van der Waals surface area (Å²) in [6.07, 6.45) is 6.97. The number of benzene rings is 2. The van der Waals surface area contributed by atoms with E-state index in [0.717, 1.165) is 86.1 Å². The van der Waals surface area contributed by atoms with Crippen molar-refractivity contribution in [2.75, 3.05) is 44.4 Å². The van der Waals surface area contributed by atoms with Crippen LogP contribution in [0.3, 0.4) is 0 Å². The summed E-state index contributed by atoms with van der Waals surface area (Å²) in [5, 5.41) is 5.11. The Kier molecular flexibility index (Phi) is 9.98. The van der Waals surface area contributed by atoms with Crippen LogP contribution in [-0.4, -0.2) is 67.9 Å². The van der Waals surface area contributed by atoms with Gasteiger partial charge in [-0.1, -0.05) is 30.3 Å². The first-order valence-electron chi connectivity index (χ1n) is 15.3. The molecule has 2 aromatic carbocycles. The lowest BCUT2D eigenvalue weighted by Gasteiger charge is -2.36. The third-order valence-electron chi connectivity index (χ3n) is 8.50. The van der Waals surface area contributed by atoms with Crippen LogP contribution in [0.5, 0.6) is 0 Å². The van der Waals surface area contributed by atoms with Crippen LogP contribution in [0, 0.1) is 5.92 Å². The second-order valence-electron chi connectivity index (χ2n) is 12.3. The van der Waals surface area contributed by atoms with E-state index >= 15 is 0 Å². The fourth-order valence-corrected chi connectivity index (χ4v) is 6.51. The highest BCUT2D eigenvalue weighted by Crippen LogP contribution is 2.36. The van der Waals surface area contributed by atoms with Gasteiger partial charge >= 0.3 is 0 Å². The second-order valence-corrected chi connectivity index (χ2v) is 13.2. The van der Waals surface area contributed by atoms with Crippen LogP contribution in [0.2, 0.25) is 0 Å². The van der Waals surface area contributed by atoms with Crippen molar-refractivity contribution >= 4 is 34.5 Å². The van der Waals surface area contributed by atoms with E-state index in [9.17, 15) is 9.59 Å². The predicted octanol–water partition coefficient (Wildman–Crippen LogP) is 6.06. The quantitative estimate of drug-likeness (QED) is 0.269. The summed E-state index contributed by atoms with van der Waals surface area (Å²) in [4.78, 5) is 33.7. The third-order valence-corrected chi connectivity index (χ3v) is 9.37. The molecule has 2 aliphatic carbocycles. The van der Waals surface area contributed by atoms with E-state index in [1.165, 1.54) is 11.3 Å². The summed E-state index contributed by atoms with van der Waals surface area (Å²) < 4.78 is 0. The van der Waals surface area contributed by atoms with Crippen LogP contribution in [0.1, 0.15) is 60.2 Å². The van der Waals surface area contributed by atoms with Gasteiger partial charge in [0.2, 0.25) is 5.91 Å². The number of rotatable bonds is 12. The highest BCUT2D eigenvalue weighted by molar-refractivity contribution is 7.12. The van der Waals surface area contributed by atoms with Crippen molar-refractivity contribution in [2.45, 2.75) is 63.6 Å². The van der Waals surface area contributed by atoms with E-state index in [-0.39, 0.29) is 23.9 Å². The van der Waals surface area contributed by atoms with Crippen LogP contribution in [-0.2, 0) is 11.3 Å². The SMILES string of the molecule is CN(C)CCCN(C)c1ccc(-c2cccc(CN(C(=O)C3CC3)C3CCC(N)CC3)c2)cc1NC(=O)c1cccs1. The molecule has 1 heterocycles. The number of carbonyl (C=O) groups is 2. The standard InChI is InChI=1S/C34H45N5O2S/c1-37(2)18-6-19-38(3)31-17-12-27(22-30(31)36-33(40)32-9-5-20-42-32)26-8-4-7-24(21-26)23-39(34(41)25-10-11-25)29-15-13-28(35)14-16-29/h4-5,7-9,12,17,20-22,25,28-29H,6,10-11,13-16,18-19,23,35H2,1-3H3,(H,36,40). The van der Waals surface area contributed by atoms with Gasteiger partial charge in [0.25, 0.3) is 5.91 Å². The monoisotopic (exact) mass is 587 g/mol. The highest BCUT2D eigenvalue weighted by Gasteiger charge is 2.37. The topological polar surface area (TPSA) is 81.9 Å². The molecule has 0 saturated heterocycles. The average Bonchev–Trinajstić information content (AvgIpc) is 3.69. The molecular formula is C34H45N5O2S. The van der Waals surface area contributed by atoms with Crippen molar-refractivity contribution in [1.82, 2.24) is 9.80 Å². The Morgan fingerprint density at radius 2 is 1.67 bits per heavy atom. The zero-order chi connectivity index (χ0) is 29.6. The maximum atomic E-state index is 13.4. The lowest BCUT2D eigenvalue weighted by molar-refractivity contribution is -0.136. The van der Waals surface area contributed by atoms with E-state index in [4.69, 9.17) is 5.73 Å². The summed E-state index contributed by atoms with van der Waals surface area (Å²) in [5.41, 5.74) is 11.2. The molecule has 0 unspecified atom stereocenters. The van der Waals surface area contributed by atoms with E-state index < -0.39 is 0 Å². The number of nitrogens with zero attached hydrogens (tertiary/aromatic N) is 3. The lowest BCUT2D eigenvalue weighted by atomic mass is 9.90. The van der Waals surface area contributed by atoms with Gasteiger partial charge < -0.3 is 25.8 Å². The Hall–Kier alpha value is -3.20. The molecule has 224 valence electrons. The molecule has 0 atom stereocenters. The summed E-state index contributed by atoms with van der Waals surface area (Å²) in [6, 6.07) is 19.1. The van der Waals surface area contributed by atoms with Gasteiger partial charge in [-0.25, -0.2) is 0 Å². The fourth-order valence-electron chi connectivity index (χ4n) is 5.90. The van der Waals surface area contributed by atoms with Gasteiger partial charge in [0, 0.05) is 38.1 Å². The first-order chi connectivity index (χ1) is 20.3. The zero-order valence-corrected chi connectivity index (χ0v) is 26.0. The van der Waals surface area contributed by atoms with Crippen molar-refractivity contribution in [3.8, 4) is 11.1 Å². The van der Waals surface area contributed by atoms with Gasteiger partial charge in [-0.3, -0.25) is 9.59 Å². The second kappa shape index (κ2) is 13.8. The summed E-state index contributed by atoms with van der Waals surface area (Å²) in [7, 11) is 6.25. The molecule has 0 radical (unpaired) electrons. The molecule has 3 N–H and O–H groups in total. The smallest absolute Gasteiger partial charge is 0.265 e. The van der Waals surface area contributed by atoms with Crippen LogP contribution in [0.4, 0.5) is 11.4 Å². The van der Waals surface area contributed by atoms with Gasteiger partial charge in [-0.2, -0.15) is 0 Å². The van der Waals surface area contributed by atoms with Gasteiger partial charge in [-0.15, -0.1) is 11.3 Å². The summed E-state index contributed by atoms with van der Waals surface area (Å²) in [6.45, 7) is 2.50. The largest absolute Gasteiger partial charge is 0.373 e. The molecule has 2 saturated carbocycles. The maximum absolute atomic E-state index is 13.4. The summed E-state index contributed by atoms with van der Waals surface area (Å²) >= 11 is 1.44. The molecule has 1 aromatic heterocycles. The van der Waals surface area contributed by atoms with Crippen molar-refractivity contribution in [1.29, 1.82) is 0 Å². The fraction of sp³-hybridized carbons (Fsp3) is 0.471. The number of hydrogen-bond acceptors (Lipinski definition) is 6. The number of carbonyl (C=O) groups excluding carboxylic acids is 2. The average molecular weight is 588 g/mol. The number of nitrogens with one attached hydrogen (secondary N) is 1. The number of anilines is 2. The lowest BCUT2D eigenvalue weighted by Crippen LogP contribution is -2.44. The molecule has 8 heteroatoms. The maximum Gasteiger partial charge on any atom is 0.265 e. The molecule has 2 fully saturated rings. The number of thiophene rings is 1. The molecule has 3 aromatic rings. The van der Waals surface area contributed by atoms with Gasteiger partial charge in [0.05, 0.1) is 16.3 Å². The molecule has 42 heavy (non-hydrogen) atoms. The Morgan fingerprint density at radius 3 is 2.36 bits per heavy atom. The third kappa shape index (κ3) is 7.79. The van der Waals surface area contributed by atoms with Crippen molar-refractivity contribution in [3.05, 3.63) is 70.4 Å². The van der Waals surface area contributed by atoms with Crippen molar-refractivity contribution in [3.63, 3.8) is 0 Å². The van der Waals surface area contributed by atoms with E-state index in [1.54, 1.807) is 0 Å². The van der Waals surface area contributed by atoms with Gasteiger partial charge in [-0.05, 0) is 112 Å². The molecule has 0 spiro atoms. The Bertz CT molecular complexity index is 1350. The zero-order valence-electron chi connectivity index (χ0n) is 25.2. The Balaban J connectivity index is 1.39. The molecule has 2 amide bonds. The minimum absolute atomic E-state index is 0.0970. The first-order valence-corrected chi connectivity index (χ1v) is 16.2. The molecule has 0 aliphatic heterocycles. The highest BCUT2D eigenvalue weighted by atomic mass is 32.1. The summed E-state index contributed by atoms with van der Waals surface area (Å²) in [5.74, 6) is 0.405. The molecular weight excluding hydrogens is 542 g/mol. The number of amides is 2. The van der Waals surface area contributed by atoms with E-state index in [1.807, 2.05) is 17.5 Å². The van der Waals surface area contributed by atoms with Gasteiger partial charge in [0.1, 0.15) is 0 Å². The van der Waals surface area contributed by atoms with Crippen LogP contribution in [0.15, 0.2) is 60.0 Å².